The zero-order chi connectivity index (χ0) is 15.4. The van der Waals surface area contributed by atoms with Crippen molar-refractivity contribution in [2.45, 2.75) is 19.4 Å². The van der Waals surface area contributed by atoms with Gasteiger partial charge >= 0.3 is 0 Å². The molecule has 23 heavy (non-hydrogen) atoms. The average Bonchev–Trinajstić information content (AvgIpc) is 2.86. The highest BCUT2D eigenvalue weighted by molar-refractivity contribution is 7.13. The number of carbonyl (C=O) groups is 1. The fourth-order valence-corrected chi connectivity index (χ4v) is 3.14. The first-order valence-electron chi connectivity index (χ1n) is 6.39. The summed E-state index contributed by atoms with van der Waals surface area (Å²) >= 11 is 13.5. The third-order valence-corrected chi connectivity index (χ3v) is 4.29. The lowest BCUT2D eigenvalue weighted by molar-refractivity contribution is -0.121. The number of carbonyl (C=O) groups excluding carboxylic acids is 1. The van der Waals surface area contributed by atoms with Crippen LogP contribution in [0.4, 0.5) is 0 Å². The van der Waals surface area contributed by atoms with E-state index in [4.69, 9.17) is 28.9 Å². The maximum absolute atomic E-state index is 11.8. The number of hydrogen-bond donors (Lipinski definition) is 2. The Hall–Kier alpha value is -0.560. The van der Waals surface area contributed by atoms with Crippen LogP contribution in [0.2, 0.25) is 10.0 Å². The molecule has 0 bridgehead atoms. The SMILES string of the molecule is C[C@@H](CN)NC(=O)Cc1csc(-c2ccc(Cl)cc2Cl)n1.Cl.Cl. The average molecular weight is 417 g/mol. The molecular weight excluding hydrogens is 400 g/mol. The number of halogens is 4. The lowest BCUT2D eigenvalue weighted by Crippen LogP contribution is -2.38. The van der Waals surface area contributed by atoms with E-state index in [1.54, 1.807) is 12.1 Å². The number of nitrogens with zero attached hydrogens (tertiary/aromatic N) is 1. The number of amides is 1. The smallest absolute Gasteiger partial charge is 0.226 e. The molecule has 4 nitrogen and oxygen atoms in total. The zero-order valence-corrected chi connectivity index (χ0v) is 16.2. The van der Waals surface area contributed by atoms with Crippen LogP contribution in [0.15, 0.2) is 23.6 Å². The van der Waals surface area contributed by atoms with Gasteiger partial charge in [0.1, 0.15) is 5.01 Å². The summed E-state index contributed by atoms with van der Waals surface area (Å²) in [6.45, 7) is 2.27. The van der Waals surface area contributed by atoms with E-state index < -0.39 is 0 Å². The minimum atomic E-state index is -0.0907. The predicted octanol–water partition coefficient (Wildman–Crippen LogP) is 3.97. The Morgan fingerprint density at radius 2 is 2.09 bits per heavy atom. The second-order valence-corrected chi connectivity index (χ2v) is 6.35. The Morgan fingerprint density at radius 3 is 2.70 bits per heavy atom. The van der Waals surface area contributed by atoms with Crippen LogP contribution >= 0.6 is 59.4 Å². The molecule has 0 aliphatic carbocycles. The van der Waals surface area contributed by atoms with Gasteiger partial charge in [-0.15, -0.1) is 36.2 Å². The van der Waals surface area contributed by atoms with E-state index in [2.05, 4.69) is 10.3 Å². The van der Waals surface area contributed by atoms with E-state index in [1.807, 2.05) is 18.4 Å². The lowest BCUT2D eigenvalue weighted by atomic mass is 10.2. The molecule has 2 aromatic rings. The first-order valence-corrected chi connectivity index (χ1v) is 8.02. The highest BCUT2D eigenvalue weighted by Crippen LogP contribution is 2.32. The summed E-state index contributed by atoms with van der Waals surface area (Å²) in [6.07, 6.45) is 0.228. The summed E-state index contributed by atoms with van der Waals surface area (Å²) in [5, 5.41) is 6.55. The van der Waals surface area contributed by atoms with Gasteiger partial charge in [-0.3, -0.25) is 4.79 Å². The summed E-state index contributed by atoms with van der Waals surface area (Å²) in [5.74, 6) is -0.0907. The summed E-state index contributed by atoms with van der Waals surface area (Å²) in [4.78, 5) is 16.2. The van der Waals surface area contributed by atoms with Crippen molar-refractivity contribution >= 4 is 65.3 Å². The topological polar surface area (TPSA) is 68.0 Å². The Balaban J connectivity index is 0.00000242. The van der Waals surface area contributed by atoms with Gasteiger partial charge < -0.3 is 11.1 Å². The molecule has 0 unspecified atom stereocenters. The van der Waals surface area contributed by atoms with Crippen molar-refractivity contribution in [2.24, 2.45) is 5.73 Å². The van der Waals surface area contributed by atoms with E-state index in [1.165, 1.54) is 11.3 Å². The van der Waals surface area contributed by atoms with Crippen molar-refractivity contribution in [3.05, 3.63) is 39.3 Å². The van der Waals surface area contributed by atoms with E-state index in [-0.39, 0.29) is 43.2 Å². The first kappa shape index (κ1) is 22.4. The van der Waals surface area contributed by atoms with Gasteiger partial charge in [0.05, 0.1) is 17.1 Å². The monoisotopic (exact) mass is 415 g/mol. The highest BCUT2D eigenvalue weighted by atomic mass is 35.5. The second kappa shape index (κ2) is 10.3. The van der Waals surface area contributed by atoms with Crippen LogP contribution in [0.5, 0.6) is 0 Å². The summed E-state index contributed by atoms with van der Waals surface area (Å²) in [5.41, 5.74) is 6.99. The molecule has 0 saturated heterocycles. The Kier molecular flexibility index (Phi) is 10.1. The van der Waals surface area contributed by atoms with Gasteiger partial charge in [-0.2, -0.15) is 0 Å². The Labute approximate surface area is 161 Å². The van der Waals surface area contributed by atoms with Crippen LogP contribution in [0, 0.1) is 0 Å². The second-order valence-electron chi connectivity index (χ2n) is 4.65. The van der Waals surface area contributed by atoms with Gasteiger partial charge in [-0.25, -0.2) is 4.98 Å². The van der Waals surface area contributed by atoms with Crippen molar-refractivity contribution in [1.82, 2.24) is 10.3 Å². The molecule has 0 spiro atoms. The van der Waals surface area contributed by atoms with Crippen molar-refractivity contribution in [1.29, 1.82) is 0 Å². The number of thiazole rings is 1. The Morgan fingerprint density at radius 1 is 1.39 bits per heavy atom. The van der Waals surface area contributed by atoms with E-state index in [9.17, 15) is 4.79 Å². The lowest BCUT2D eigenvalue weighted by Gasteiger charge is -2.10. The molecule has 2 rings (SSSR count). The van der Waals surface area contributed by atoms with Crippen LogP contribution in [-0.4, -0.2) is 23.5 Å². The zero-order valence-electron chi connectivity index (χ0n) is 12.2. The van der Waals surface area contributed by atoms with Crippen molar-refractivity contribution in [3.63, 3.8) is 0 Å². The molecule has 1 atom stereocenters. The van der Waals surface area contributed by atoms with Crippen LogP contribution < -0.4 is 11.1 Å². The van der Waals surface area contributed by atoms with Crippen LogP contribution in [-0.2, 0) is 11.2 Å². The molecule has 128 valence electrons. The number of nitrogens with one attached hydrogen (secondary N) is 1. The summed E-state index contributed by atoms with van der Waals surface area (Å²) < 4.78 is 0. The molecule has 1 aromatic carbocycles. The summed E-state index contributed by atoms with van der Waals surface area (Å²) in [7, 11) is 0. The van der Waals surface area contributed by atoms with Crippen molar-refractivity contribution in [2.75, 3.05) is 6.54 Å². The molecule has 0 saturated carbocycles. The highest BCUT2D eigenvalue weighted by Gasteiger charge is 2.12. The van der Waals surface area contributed by atoms with E-state index in [0.29, 0.717) is 22.3 Å². The van der Waals surface area contributed by atoms with Crippen LogP contribution in [0.25, 0.3) is 10.6 Å². The predicted molar refractivity (Wildman–Crippen MR) is 102 cm³/mol. The standard InChI is InChI=1S/C14H15Cl2N3OS.2ClH/c1-8(6-17)18-13(20)5-10-7-21-14(19-10)11-3-2-9(15)4-12(11)16;;/h2-4,7-8H,5-6,17H2,1H3,(H,18,20);2*1H/t8-;;/m0../s1. The molecule has 1 amide bonds. The largest absolute Gasteiger partial charge is 0.352 e. The Bertz CT molecular complexity index is 651. The minimum Gasteiger partial charge on any atom is -0.352 e. The van der Waals surface area contributed by atoms with Gasteiger partial charge in [-0.05, 0) is 25.1 Å². The van der Waals surface area contributed by atoms with Crippen molar-refractivity contribution in [3.8, 4) is 10.6 Å². The van der Waals surface area contributed by atoms with E-state index >= 15 is 0 Å². The molecule has 0 aliphatic heterocycles. The molecule has 1 aromatic heterocycles. The fourth-order valence-electron chi connectivity index (χ4n) is 1.72. The minimum absolute atomic E-state index is 0. The number of rotatable bonds is 5. The molecule has 1 heterocycles. The maximum Gasteiger partial charge on any atom is 0.226 e. The third-order valence-electron chi connectivity index (χ3n) is 2.82. The van der Waals surface area contributed by atoms with Gasteiger partial charge in [0.25, 0.3) is 0 Å². The van der Waals surface area contributed by atoms with Gasteiger partial charge in [0, 0.05) is 28.6 Å². The molecule has 0 aliphatic rings. The molecule has 0 fully saturated rings. The number of aromatic nitrogens is 1. The van der Waals surface area contributed by atoms with Crippen molar-refractivity contribution < 1.29 is 4.79 Å². The molecular formula is C14H17Cl4N3OS. The molecule has 0 radical (unpaired) electrons. The maximum atomic E-state index is 11.8. The van der Waals surface area contributed by atoms with E-state index in [0.717, 1.165) is 10.6 Å². The number of benzene rings is 1. The quantitative estimate of drug-likeness (QED) is 0.774. The first-order chi connectivity index (χ1) is 9.99. The third kappa shape index (κ3) is 6.45. The normalized spacial score (nSPS) is 11.1. The fraction of sp³-hybridized carbons (Fsp3) is 0.286. The van der Waals surface area contributed by atoms with Gasteiger partial charge in [-0.1, -0.05) is 23.2 Å². The number of hydrogen-bond acceptors (Lipinski definition) is 4. The van der Waals surface area contributed by atoms with Crippen LogP contribution in [0.3, 0.4) is 0 Å². The number of nitrogens with two attached hydrogens (primary N) is 1. The molecule has 9 heteroatoms. The van der Waals surface area contributed by atoms with Crippen LogP contribution in [0.1, 0.15) is 12.6 Å². The molecule has 3 N–H and O–H groups in total. The summed E-state index contributed by atoms with van der Waals surface area (Å²) in [6, 6.07) is 5.22. The van der Waals surface area contributed by atoms with Gasteiger partial charge in [0.2, 0.25) is 5.91 Å². The van der Waals surface area contributed by atoms with Gasteiger partial charge in [0.15, 0.2) is 0 Å².